The number of phenols is 1. The molecule has 0 atom stereocenters. The molecule has 0 aliphatic rings. The Balaban J connectivity index is 1.74. The lowest BCUT2D eigenvalue weighted by molar-refractivity contribution is -0.605. The molecule has 0 saturated carbocycles. The van der Waals surface area contributed by atoms with E-state index < -0.39 is 0 Å². The topological polar surface area (TPSA) is 105 Å². The summed E-state index contributed by atoms with van der Waals surface area (Å²) in [5.41, 5.74) is 0.796. The van der Waals surface area contributed by atoms with Gasteiger partial charge in [-0.15, -0.1) is 0 Å². The van der Waals surface area contributed by atoms with Crippen LogP contribution in [0.2, 0.25) is 0 Å². The van der Waals surface area contributed by atoms with Crippen molar-refractivity contribution in [1.29, 1.82) is 0 Å². The van der Waals surface area contributed by atoms with Gasteiger partial charge < -0.3 is 20.9 Å². The van der Waals surface area contributed by atoms with E-state index in [2.05, 4.69) is 10.6 Å². The highest BCUT2D eigenvalue weighted by Gasteiger charge is 2.07. The number of amides is 2. The molecular formula is C15H15N3O4. The number of pyridine rings is 1. The predicted octanol–water partition coefficient (Wildman–Crippen LogP) is 0.185. The van der Waals surface area contributed by atoms with E-state index in [1.54, 1.807) is 0 Å². The highest BCUT2D eigenvalue weighted by molar-refractivity contribution is 5.95. The molecule has 0 spiro atoms. The molecule has 1 aromatic carbocycles. The van der Waals surface area contributed by atoms with Gasteiger partial charge in [-0.1, -0.05) is 0 Å². The molecule has 0 saturated heterocycles. The van der Waals surface area contributed by atoms with Gasteiger partial charge in [0, 0.05) is 30.8 Å². The standard InChI is InChI=1S/C15H15N3O4/c19-13-3-1-11(2-4-13)14(20)16-7-8-17-15(21)12-5-9-18(22)10-6-12/h1-6,9-10,19H,7-8H2,(H,16,20)(H,17,21). The van der Waals surface area contributed by atoms with Gasteiger partial charge in [-0.25, -0.2) is 0 Å². The zero-order valence-electron chi connectivity index (χ0n) is 11.7. The van der Waals surface area contributed by atoms with Gasteiger partial charge in [-0.2, -0.15) is 4.73 Å². The van der Waals surface area contributed by atoms with Crippen LogP contribution in [-0.2, 0) is 0 Å². The van der Waals surface area contributed by atoms with Crippen molar-refractivity contribution in [2.45, 2.75) is 0 Å². The Morgan fingerprint density at radius 3 is 1.86 bits per heavy atom. The lowest BCUT2D eigenvalue weighted by atomic mass is 10.2. The average Bonchev–Trinajstić information content (AvgIpc) is 2.52. The number of aromatic nitrogens is 1. The first-order valence-corrected chi connectivity index (χ1v) is 6.60. The van der Waals surface area contributed by atoms with E-state index in [0.717, 1.165) is 0 Å². The summed E-state index contributed by atoms with van der Waals surface area (Å²) in [7, 11) is 0. The summed E-state index contributed by atoms with van der Waals surface area (Å²) in [6.45, 7) is 0.523. The van der Waals surface area contributed by atoms with Crippen molar-refractivity contribution in [3.05, 3.63) is 65.1 Å². The summed E-state index contributed by atoms with van der Waals surface area (Å²) >= 11 is 0. The number of rotatable bonds is 5. The van der Waals surface area contributed by atoms with Crippen LogP contribution in [0.1, 0.15) is 20.7 Å². The van der Waals surface area contributed by atoms with Gasteiger partial charge in [0.05, 0.1) is 5.56 Å². The second kappa shape index (κ2) is 7.07. The van der Waals surface area contributed by atoms with E-state index in [1.807, 2.05) is 0 Å². The smallest absolute Gasteiger partial charge is 0.251 e. The van der Waals surface area contributed by atoms with E-state index in [-0.39, 0.29) is 30.7 Å². The minimum atomic E-state index is -0.320. The Bertz CT molecular complexity index is 594. The molecule has 0 unspecified atom stereocenters. The van der Waals surface area contributed by atoms with Crippen LogP contribution < -0.4 is 15.4 Å². The third kappa shape index (κ3) is 4.20. The second-order valence-electron chi connectivity index (χ2n) is 4.51. The summed E-state index contributed by atoms with van der Waals surface area (Å²) in [4.78, 5) is 23.5. The number of carbonyl (C=O) groups excluding carboxylic acids is 2. The summed E-state index contributed by atoms with van der Waals surface area (Å²) in [6, 6.07) is 8.69. The number of nitrogens with zero attached hydrogens (tertiary/aromatic N) is 1. The normalized spacial score (nSPS) is 10.0. The Kier molecular flexibility index (Phi) is 4.92. The average molecular weight is 301 g/mol. The Labute approximate surface area is 126 Å². The minimum Gasteiger partial charge on any atom is -0.619 e. The van der Waals surface area contributed by atoms with E-state index in [0.29, 0.717) is 15.9 Å². The number of phenolic OH excluding ortho intramolecular Hbond substituents is 1. The van der Waals surface area contributed by atoms with Gasteiger partial charge in [0.2, 0.25) is 0 Å². The van der Waals surface area contributed by atoms with E-state index in [4.69, 9.17) is 5.11 Å². The maximum Gasteiger partial charge on any atom is 0.251 e. The van der Waals surface area contributed by atoms with E-state index in [1.165, 1.54) is 48.8 Å². The zero-order valence-corrected chi connectivity index (χ0v) is 11.7. The highest BCUT2D eigenvalue weighted by Crippen LogP contribution is 2.09. The van der Waals surface area contributed by atoms with Crippen LogP contribution in [0.4, 0.5) is 0 Å². The number of nitrogens with one attached hydrogen (secondary N) is 2. The lowest BCUT2D eigenvalue weighted by Crippen LogP contribution is -2.35. The molecule has 2 rings (SSSR count). The van der Waals surface area contributed by atoms with E-state index in [9.17, 15) is 14.8 Å². The lowest BCUT2D eigenvalue weighted by Gasteiger charge is -2.07. The summed E-state index contributed by atoms with van der Waals surface area (Å²) < 4.78 is 0.592. The predicted molar refractivity (Wildman–Crippen MR) is 78.2 cm³/mol. The molecule has 7 nitrogen and oxygen atoms in total. The minimum absolute atomic E-state index is 0.0890. The molecule has 0 radical (unpaired) electrons. The molecular weight excluding hydrogens is 286 g/mol. The fraction of sp³-hybridized carbons (Fsp3) is 0.133. The first-order chi connectivity index (χ1) is 10.6. The van der Waals surface area contributed by atoms with Crippen molar-refractivity contribution in [1.82, 2.24) is 10.6 Å². The van der Waals surface area contributed by atoms with Crippen molar-refractivity contribution in [3.63, 3.8) is 0 Å². The molecule has 0 aliphatic heterocycles. The van der Waals surface area contributed by atoms with Crippen molar-refractivity contribution in [3.8, 4) is 5.75 Å². The van der Waals surface area contributed by atoms with Crippen molar-refractivity contribution in [2.75, 3.05) is 13.1 Å². The van der Waals surface area contributed by atoms with Gasteiger partial charge in [0.25, 0.3) is 11.8 Å². The molecule has 3 N–H and O–H groups in total. The van der Waals surface area contributed by atoms with Crippen LogP contribution in [0.25, 0.3) is 0 Å². The largest absolute Gasteiger partial charge is 0.619 e. The monoisotopic (exact) mass is 301 g/mol. The molecule has 7 heteroatoms. The molecule has 2 amide bonds. The molecule has 0 fully saturated rings. The van der Waals surface area contributed by atoms with Crippen LogP contribution in [0.5, 0.6) is 5.75 Å². The molecule has 1 heterocycles. The number of hydrogen-bond donors (Lipinski definition) is 3. The second-order valence-corrected chi connectivity index (χ2v) is 4.51. The molecule has 2 aromatic rings. The molecule has 22 heavy (non-hydrogen) atoms. The van der Waals surface area contributed by atoms with Crippen molar-refractivity contribution < 1.29 is 19.4 Å². The molecule has 114 valence electrons. The van der Waals surface area contributed by atoms with Crippen LogP contribution in [0.3, 0.4) is 0 Å². The van der Waals surface area contributed by atoms with Crippen LogP contribution in [0, 0.1) is 5.21 Å². The van der Waals surface area contributed by atoms with E-state index >= 15 is 0 Å². The summed E-state index contributed by atoms with van der Waals surface area (Å²) in [5, 5.41) is 25.3. The fourth-order valence-corrected chi connectivity index (χ4v) is 1.73. The summed E-state index contributed by atoms with van der Waals surface area (Å²) in [6.07, 6.45) is 2.48. The molecule has 1 aromatic heterocycles. The number of benzene rings is 1. The third-order valence-corrected chi connectivity index (χ3v) is 2.89. The van der Waals surface area contributed by atoms with Gasteiger partial charge in [0.1, 0.15) is 5.75 Å². The van der Waals surface area contributed by atoms with Crippen molar-refractivity contribution in [2.24, 2.45) is 0 Å². The van der Waals surface area contributed by atoms with Crippen molar-refractivity contribution >= 4 is 11.8 Å². The maximum atomic E-state index is 11.8. The first kappa shape index (κ1) is 15.3. The highest BCUT2D eigenvalue weighted by atomic mass is 16.5. The first-order valence-electron chi connectivity index (χ1n) is 6.60. The number of carbonyl (C=O) groups is 2. The summed E-state index contributed by atoms with van der Waals surface area (Å²) in [5.74, 6) is -0.521. The number of hydrogen-bond acceptors (Lipinski definition) is 4. The molecule has 0 aliphatic carbocycles. The Hall–Kier alpha value is -3.09. The van der Waals surface area contributed by atoms with Crippen LogP contribution >= 0.6 is 0 Å². The zero-order chi connectivity index (χ0) is 15.9. The van der Waals surface area contributed by atoms with Crippen LogP contribution in [-0.4, -0.2) is 30.0 Å². The number of aromatic hydroxyl groups is 1. The maximum absolute atomic E-state index is 11.8. The SMILES string of the molecule is O=C(NCCNC(=O)c1cc[n+]([O-])cc1)c1ccc(O)cc1. The fourth-order valence-electron chi connectivity index (χ4n) is 1.73. The third-order valence-electron chi connectivity index (χ3n) is 2.89. The van der Waals surface area contributed by atoms with Gasteiger partial charge >= 0.3 is 0 Å². The van der Waals surface area contributed by atoms with Gasteiger partial charge in [-0.3, -0.25) is 9.59 Å². The molecule has 0 bridgehead atoms. The van der Waals surface area contributed by atoms with Gasteiger partial charge in [0.15, 0.2) is 12.4 Å². The Morgan fingerprint density at radius 1 is 0.909 bits per heavy atom. The van der Waals surface area contributed by atoms with Crippen LogP contribution in [0.15, 0.2) is 48.8 Å². The Morgan fingerprint density at radius 2 is 1.36 bits per heavy atom. The quantitative estimate of drug-likeness (QED) is 0.416. The van der Waals surface area contributed by atoms with Gasteiger partial charge in [-0.05, 0) is 24.3 Å².